The summed E-state index contributed by atoms with van der Waals surface area (Å²) in [5.74, 6) is -1.99. The van der Waals surface area contributed by atoms with Crippen molar-refractivity contribution in [2.24, 2.45) is 0 Å². The Kier molecular flexibility index (Phi) is 5.88. The van der Waals surface area contributed by atoms with Crippen molar-refractivity contribution < 1.29 is 18.3 Å². The normalized spacial score (nSPS) is 12.1. The lowest BCUT2D eigenvalue weighted by molar-refractivity contribution is 0.0578. The standard InChI is InChI=1S/C14H20F2N2O2/c1-5-18(9(2)8-20-4)14(19)10-6-11(15)13(17-3)12(16)7-10/h6-7,9,17H,5,8H2,1-4H3. The number of hydrogen-bond acceptors (Lipinski definition) is 3. The molecule has 1 aromatic rings. The maximum absolute atomic E-state index is 13.7. The zero-order chi connectivity index (χ0) is 15.3. The van der Waals surface area contributed by atoms with Crippen LogP contribution in [0.4, 0.5) is 14.5 Å². The summed E-state index contributed by atoms with van der Waals surface area (Å²) in [6, 6.07) is 1.91. The van der Waals surface area contributed by atoms with Crippen molar-refractivity contribution in [3.8, 4) is 0 Å². The number of amides is 1. The molecule has 0 heterocycles. The van der Waals surface area contributed by atoms with Crippen LogP contribution in [0.1, 0.15) is 24.2 Å². The van der Waals surface area contributed by atoms with Gasteiger partial charge in [0.25, 0.3) is 5.91 Å². The summed E-state index contributed by atoms with van der Waals surface area (Å²) in [5.41, 5.74) is -0.252. The predicted octanol–water partition coefficient (Wildman–Crippen LogP) is 2.50. The Morgan fingerprint density at radius 1 is 1.40 bits per heavy atom. The van der Waals surface area contributed by atoms with E-state index in [1.54, 1.807) is 6.92 Å². The molecule has 4 nitrogen and oxygen atoms in total. The molecule has 1 unspecified atom stereocenters. The van der Waals surface area contributed by atoms with E-state index < -0.39 is 17.5 Å². The quantitative estimate of drug-likeness (QED) is 0.873. The first-order chi connectivity index (χ1) is 9.46. The second kappa shape index (κ2) is 7.19. The van der Waals surface area contributed by atoms with Gasteiger partial charge in [0.05, 0.1) is 12.6 Å². The molecule has 112 valence electrons. The minimum absolute atomic E-state index is 0.0104. The number of methoxy groups -OCH3 is 1. The number of nitrogens with one attached hydrogen (secondary N) is 1. The van der Waals surface area contributed by atoms with E-state index in [-0.39, 0.29) is 17.3 Å². The van der Waals surface area contributed by atoms with Crippen LogP contribution in [0.2, 0.25) is 0 Å². The first kappa shape index (κ1) is 16.4. The molecule has 0 saturated heterocycles. The molecule has 0 fully saturated rings. The minimum atomic E-state index is -0.786. The molecule has 1 aromatic carbocycles. The van der Waals surface area contributed by atoms with Gasteiger partial charge in [-0.1, -0.05) is 0 Å². The summed E-state index contributed by atoms with van der Waals surface area (Å²) in [6.07, 6.45) is 0. The predicted molar refractivity (Wildman–Crippen MR) is 74.0 cm³/mol. The molecule has 0 aliphatic rings. The SMILES string of the molecule is CCN(C(=O)c1cc(F)c(NC)c(F)c1)C(C)COC. The van der Waals surface area contributed by atoms with Crippen molar-refractivity contribution in [3.05, 3.63) is 29.3 Å². The summed E-state index contributed by atoms with van der Waals surface area (Å²) in [4.78, 5) is 13.8. The van der Waals surface area contributed by atoms with Gasteiger partial charge in [-0.15, -0.1) is 0 Å². The van der Waals surface area contributed by atoms with E-state index in [0.717, 1.165) is 12.1 Å². The topological polar surface area (TPSA) is 41.6 Å². The number of ether oxygens (including phenoxy) is 1. The minimum Gasteiger partial charge on any atom is -0.383 e. The Bertz CT molecular complexity index is 457. The Morgan fingerprint density at radius 3 is 2.35 bits per heavy atom. The molecule has 0 saturated carbocycles. The highest BCUT2D eigenvalue weighted by Gasteiger charge is 2.22. The third-order valence-corrected chi connectivity index (χ3v) is 3.08. The van der Waals surface area contributed by atoms with Crippen LogP contribution in [-0.2, 0) is 4.74 Å². The van der Waals surface area contributed by atoms with Gasteiger partial charge < -0.3 is 15.0 Å². The van der Waals surface area contributed by atoms with Crippen LogP contribution in [0.5, 0.6) is 0 Å². The highest BCUT2D eigenvalue weighted by atomic mass is 19.1. The Hall–Kier alpha value is -1.69. The second-order valence-corrected chi connectivity index (χ2v) is 4.46. The van der Waals surface area contributed by atoms with Crippen LogP contribution in [0.15, 0.2) is 12.1 Å². The molecular formula is C14H20F2N2O2. The fourth-order valence-electron chi connectivity index (χ4n) is 2.09. The largest absolute Gasteiger partial charge is 0.383 e. The molecule has 0 spiro atoms. The number of likely N-dealkylation sites (N-methyl/N-ethyl adjacent to an activating group) is 1. The van der Waals surface area contributed by atoms with Crippen molar-refractivity contribution in [2.45, 2.75) is 19.9 Å². The number of hydrogen-bond donors (Lipinski definition) is 1. The van der Waals surface area contributed by atoms with Crippen LogP contribution in [0.25, 0.3) is 0 Å². The molecule has 20 heavy (non-hydrogen) atoms. The van der Waals surface area contributed by atoms with Gasteiger partial charge in [-0.25, -0.2) is 8.78 Å². The van der Waals surface area contributed by atoms with E-state index in [2.05, 4.69) is 5.32 Å². The van der Waals surface area contributed by atoms with Crippen LogP contribution < -0.4 is 5.32 Å². The van der Waals surface area contributed by atoms with Gasteiger partial charge in [-0.2, -0.15) is 0 Å². The van der Waals surface area contributed by atoms with Crippen molar-refractivity contribution in [1.29, 1.82) is 0 Å². The van der Waals surface area contributed by atoms with E-state index in [1.165, 1.54) is 19.1 Å². The lowest BCUT2D eigenvalue weighted by atomic mass is 10.1. The smallest absolute Gasteiger partial charge is 0.254 e. The molecule has 1 atom stereocenters. The highest BCUT2D eigenvalue weighted by molar-refractivity contribution is 5.94. The number of carbonyl (C=O) groups is 1. The summed E-state index contributed by atoms with van der Waals surface area (Å²) in [6.45, 7) is 4.41. The Balaban J connectivity index is 3.07. The van der Waals surface area contributed by atoms with E-state index in [4.69, 9.17) is 4.74 Å². The third-order valence-electron chi connectivity index (χ3n) is 3.08. The molecule has 0 aromatic heterocycles. The van der Waals surface area contributed by atoms with Crippen molar-refractivity contribution in [2.75, 3.05) is 32.6 Å². The number of carbonyl (C=O) groups excluding carboxylic acids is 1. The van der Waals surface area contributed by atoms with Gasteiger partial charge in [-0.05, 0) is 26.0 Å². The molecule has 6 heteroatoms. The summed E-state index contributed by atoms with van der Waals surface area (Å²) in [5, 5.41) is 2.42. The molecule has 0 bridgehead atoms. The van der Waals surface area contributed by atoms with Crippen LogP contribution in [0, 0.1) is 11.6 Å². The Labute approximate surface area is 117 Å². The third kappa shape index (κ3) is 3.45. The van der Waals surface area contributed by atoms with Crippen LogP contribution >= 0.6 is 0 Å². The van der Waals surface area contributed by atoms with E-state index in [9.17, 15) is 13.6 Å². The van der Waals surface area contributed by atoms with Crippen molar-refractivity contribution >= 4 is 11.6 Å². The lowest BCUT2D eigenvalue weighted by Gasteiger charge is -2.27. The number of benzene rings is 1. The number of anilines is 1. The molecule has 1 N–H and O–H groups in total. The van der Waals surface area contributed by atoms with Crippen molar-refractivity contribution in [3.63, 3.8) is 0 Å². The van der Waals surface area contributed by atoms with Gasteiger partial charge in [0.1, 0.15) is 17.3 Å². The molecular weight excluding hydrogens is 266 g/mol. The molecule has 1 amide bonds. The average molecular weight is 286 g/mol. The van der Waals surface area contributed by atoms with Gasteiger partial charge >= 0.3 is 0 Å². The van der Waals surface area contributed by atoms with Gasteiger partial charge in [0, 0.05) is 26.3 Å². The van der Waals surface area contributed by atoms with E-state index >= 15 is 0 Å². The average Bonchev–Trinajstić information content (AvgIpc) is 2.39. The van der Waals surface area contributed by atoms with Crippen molar-refractivity contribution in [1.82, 2.24) is 4.90 Å². The fraction of sp³-hybridized carbons (Fsp3) is 0.500. The Morgan fingerprint density at radius 2 is 1.95 bits per heavy atom. The van der Waals surface area contributed by atoms with Crippen LogP contribution in [0.3, 0.4) is 0 Å². The molecule has 0 aliphatic carbocycles. The summed E-state index contributed by atoms with van der Waals surface area (Å²) < 4.78 is 32.4. The van der Waals surface area contributed by atoms with E-state index in [0.29, 0.717) is 13.2 Å². The number of rotatable bonds is 6. The summed E-state index contributed by atoms with van der Waals surface area (Å²) in [7, 11) is 2.96. The zero-order valence-corrected chi connectivity index (χ0v) is 12.2. The maximum Gasteiger partial charge on any atom is 0.254 e. The fourth-order valence-corrected chi connectivity index (χ4v) is 2.09. The molecule has 1 rings (SSSR count). The van der Waals surface area contributed by atoms with Crippen LogP contribution in [-0.4, -0.2) is 44.2 Å². The van der Waals surface area contributed by atoms with Gasteiger partial charge in [0.2, 0.25) is 0 Å². The summed E-state index contributed by atoms with van der Waals surface area (Å²) >= 11 is 0. The first-order valence-corrected chi connectivity index (χ1v) is 6.42. The maximum atomic E-state index is 13.7. The second-order valence-electron chi connectivity index (χ2n) is 4.46. The molecule has 0 aliphatic heterocycles. The molecule has 0 radical (unpaired) electrons. The lowest BCUT2D eigenvalue weighted by Crippen LogP contribution is -2.41. The van der Waals surface area contributed by atoms with E-state index in [1.807, 2.05) is 6.92 Å². The number of nitrogens with zero attached hydrogens (tertiary/aromatic N) is 1. The first-order valence-electron chi connectivity index (χ1n) is 6.42. The number of halogens is 2. The highest BCUT2D eigenvalue weighted by Crippen LogP contribution is 2.21. The zero-order valence-electron chi connectivity index (χ0n) is 12.2. The van der Waals surface area contributed by atoms with Gasteiger partial charge in [-0.3, -0.25) is 4.79 Å². The monoisotopic (exact) mass is 286 g/mol. The van der Waals surface area contributed by atoms with Gasteiger partial charge in [0.15, 0.2) is 0 Å².